The summed E-state index contributed by atoms with van der Waals surface area (Å²) >= 11 is 0. The monoisotopic (exact) mass is 1150 g/mol. The molecule has 480 valence electrons. The number of carbonyl (C=O) groups is 3. The first-order valence-electron chi connectivity index (χ1n) is 36.6. The van der Waals surface area contributed by atoms with Gasteiger partial charge in [0.1, 0.15) is 13.2 Å². The lowest BCUT2D eigenvalue weighted by molar-refractivity contribution is -0.167. The fraction of sp³-hybridized carbons (Fsp3) is 0.855. The molecule has 0 aromatic rings. The summed E-state index contributed by atoms with van der Waals surface area (Å²) in [4.78, 5) is 38.4. The standard InChI is InChI=1S/C76H140O6/c1-4-7-10-13-16-19-22-25-27-29-31-33-34-35-36-37-38-39-40-41-42-44-45-47-49-51-54-57-60-63-66-69-75(78)81-72-73(71-80-74(77)68-65-62-59-56-53-24-21-18-15-12-9-6-3)82-76(79)70-67-64-61-58-55-52-50-48-46-43-32-30-28-26-23-20-17-14-11-8-5-2/h18,21-22,25,29,31,34-35,73H,4-17,19-20,23-24,26-28,30,32-33,36-72H2,1-3H3/b21-18-,25-22-,31-29-,35-34-. The van der Waals surface area contributed by atoms with Crippen molar-refractivity contribution in [3.8, 4) is 0 Å². The maximum atomic E-state index is 12.9. The molecule has 0 aliphatic heterocycles. The van der Waals surface area contributed by atoms with Crippen molar-refractivity contribution in [2.75, 3.05) is 13.2 Å². The number of rotatable bonds is 68. The third-order valence-electron chi connectivity index (χ3n) is 16.6. The van der Waals surface area contributed by atoms with Crippen LogP contribution in [-0.2, 0) is 28.6 Å². The van der Waals surface area contributed by atoms with Gasteiger partial charge in [-0.1, -0.05) is 345 Å². The van der Waals surface area contributed by atoms with Gasteiger partial charge in [-0.25, -0.2) is 0 Å². The molecular formula is C76H140O6. The second kappa shape index (κ2) is 70.9. The summed E-state index contributed by atoms with van der Waals surface area (Å²) in [6.07, 6.45) is 90.1. The summed E-state index contributed by atoms with van der Waals surface area (Å²) in [5.74, 6) is -0.852. The molecule has 0 aromatic heterocycles. The molecule has 0 saturated heterocycles. The van der Waals surface area contributed by atoms with Gasteiger partial charge in [-0.05, 0) is 83.5 Å². The molecule has 6 heteroatoms. The summed E-state index contributed by atoms with van der Waals surface area (Å²) in [6.45, 7) is 6.67. The van der Waals surface area contributed by atoms with Crippen LogP contribution in [-0.4, -0.2) is 37.2 Å². The van der Waals surface area contributed by atoms with Gasteiger partial charge in [-0.3, -0.25) is 14.4 Å². The molecular weight excluding hydrogens is 1010 g/mol. The summed E-state index contributed by atoms with van der Waals surface area (Å²) in [5, 5.41) is 0. The largest absolute Gasteiger partial charge is 0.462 e. The van der Waals surface area contributed by atoms with Crippen molar-refractivity contribution in [3.05, 3.63) is 48.6 Å². The Balaban J connectivity index is 4.16. The molecule has 0 aromatic carbocycles. The molecule has 1 unspecified atom stereocenters. The maximum Gasteiger partial charge on any atom is 0.306 e. The normalized spacial score (nSPS) is 12.3. The molecule has 0 fully saturated rings. The van der Waals surface area contributed by atoms with Crippen LogP contribution in [0.5, 0.6) is 0 Å². The molecule has 0 rings (SSSR count). The van der Waals surface area contributed by atoms with E-state index in [0.717, 1.165) is 77.0 Å². The van der Waals surface area contributed by atoms with Crippen molar-refractivity contribution < 1.29 is 28.6 Å². The van der Waals surface area contributed by atoms with Crippen LogP contribution in [0.3, 0.4) is 0 Å². The Morgan fingerprint density at radius 2 is 0.439 bits per heavy atom. The lowest BCUT2D eigenvalue weighted by Gasteiger charge is -2.18. The molecule has 1 atom stereocenters. The fourth-order valence-electron chi connectivity index (χ4n) is 11.0. The van der Waals surface area contributed by atoms with Crippen LogP contribution >= 0.6 is 0 Å². The van der Waals surface area contributed by atoms with Crippen LogP contribution in [0.25, 0.3) is 0 Å². The van der Waals surface area contributed by atoms with Crippen LogP contribution in [0.15, 0.2) is 48.6 Å². The number of hydrogen-bond donors (Lipinski definition) is 0. The molecule has 0 bridgehead atoms. The molecule has 0 aliphatic rings. The first-order valence-corrected chi connectivity index (χ1v) is 36.6. The van der Waals surface area contributed by atoms with E-state index in [9.17, 15) is 14.4 Å². The highest BCUT2D eigenvalue weighted by molar-refractivity contribution is 5.71. The smallest absolute Gasteiger partial charge is 0.306 e. The summed E-state index contributed by atoms with van der Waals surface area (Å²) in [5.41, 5.74) is 0. The van der Waals surface area contributed by atoms with Gasteiger partial charge in [0.25, 0.3) is 0 Å². The average molecular weight is 1150 g/mol. The van der Waals surface area contributed by atoms with Gasteiger partial charge in [0.05, 0.1) is 0 Å². The predicted molar refractivity (Wildman–Crippen MR) is 358 cm³/mol. The third kappa shape index (κ3) is 68.2. The van der Waals surface area contributed by atoms with E-state index in [-0.39, 0.29) is 31.1 Å². The van der Waals surface area contributed by atoms with E-state index in [1.54, 1.807) is 0 Å². The summed E-state index contributed by atoms with van der Waals surface area (Å²) in [7, 11) is 0. The van der Waals surface area contributed by atoms with Crippen molar-refractivity contribution in [1.82, 2.24) is 0 Å². The quantitative estimate of drug-likeness (QED) is 0.0261. The van der Waals surface area contributed by atoms with Crippen LogP contribution in [0, 0.1) is 0 Å². The Labute approximate surface area is 511 Å². The Morgan fingerprint density at radius 3 is 0.720 bits per heavy atom. The van der Waals surface area contributed by atoms with Crippen LogP contribution in [0.2, 0.25) is 0 Å². The first-order chi connectivity index (χ1) is 40.5. The van der Waals surface area contributed by atoms with Gasteiger partial charge >= 0.3 is 17.9 Å². The van der Waals surface area contributed by atoms with E-state index in [0.29, 0.717) is 19.3 Å². The van der Waals surface area contributed by atoms with Crippen LogP contribution < -0.4 is 0 Å². The van der Waals surface area contributed by atoms with E-state index in [4.69, 9.17) is 14.2 Å². The van der Waals surface area contributed by atoms with Crippen LogP contribution in [0.1, 0.15) is 400 Å². The van der Waals surface area contributed by atoms with Gasteiger partial charge in [0, 0.05) is 19.3 Å². The number of ether oxygens (including phenoxy) is 3. The molecule has 0 spiro atoms. The molecule has 82 heavy (non-hydrogen) atoms. The van der Waals surface area contributed by atoms with Gasteiger partial charge in [-0.15, -0.1) is 0 Å². The third-order valence-corrected chi connectivity index (χ3v) is 16.6. The molecule has 0 aliphatic carbocycles. The zero-order chi connectivity index (χ0) is 59.2. The Bertz CT molecular complexity index is 1410. The van der Waals surface area contributed by atoms with Crippen molar-refractivity contribution in [3.63, 3.8) is 0 Å². The molecule has 0 heterocycles. The first kappa shape index (κ1) is 79.4. The van der Waals surface area contributed by atoms with E-state index < -0.39 is 6.10 Å². The Kier molecular flexibility index (Phi) is 68.6. The van der Waals surface area contributed by atoms with Gasteiger partial charge < -0.3 is 14.2 Å². The second-order valence-corrected chi connectivity index (χ2v) is 24.9. The van der Waals surface area contributed by atoms with Gasteiger partial charge in [-0.2, -0.15) is 0 Å². The molecule has 0 amide bonds. The minimum Gasteiger partial charge on any atom is -0.462 e. The number of hydrogen-bond acceptors (Lipinski definition) is 6. The van der Waals surface area contributed by atoms with Crippen LogP contribution in [0.4, 0.5) is 0 Å². The molecule has 0 radical (unpaired) electrons. The zero-order valence-electron chi connectivity index (χ0n) is 55.3. The molecule has 0 saturated carbocycles. The highest BCUT2D eigenvalue weighted by Crippen LogP contribution is 2.19. The molecule has 6 nitrogen and oxygen atoms in total. The Morgan fingerprint density at radius 1 is 0.244 bits per heavy atom. The predicted octanol–water partition coefficient (Wildman–Crippen LogP) is 25.3. The van der Waals surface area contributed by atoms with Crippen molar-refractivity contribution in [2.45, 2.75) is 406 Å². The van der Waals surface area contributed by atoms with E-state index in [1.807, 2.05) is 0 Å². The van der Waals surface area contributed by atoms with E-state index in [2.05, 4.69) is 69.4 Å². The van der Waals surface area contributed by atoms with Crippen molar-refractivity contribution in [1.29, 1.82) is 0 Å². The summed E-state index contributed by atoms with van der Waals surface area (Å²) < 4.78 is 17.0. The lowest BCUT2D eigenvalue weighted by atomic mass is 10.0. The lowest BCUT2D eigenvalue weighted by Crippen LogP contribution is -2.30. The SMILES string of the molecule is CCCCC/C=C\CCCCCCCC(=O)OCC(COC(=O)CCCCCCCCCCCCCCCCCC/C=C\C/C=C\C/C=C\CCCCCCC)OC(=O)CCCCCCCCCCCCCCCCCCCCCCC. The Hall–Kier alpha value is -2.63. The number of unbranched alkanes of at least 4 members (excludes halogenated alkanes) is 49. The number of allylic oxidation sites excluding steroid dienone is 8. The maximum absolute atomic E-state index is 12.9. The van der Waals surface area contributed by atoms with Gasteiger partial charge in [0.15, 0.2) is 6.10 Å². The topological polar surface area (TPSA) is 78.9 Å². The highest BCUT2D eigenvalue weighted by Gasteiger charge is 2.19. The number of carbonyl (C=O) groups excluding carboxylic acids is 3. The van der Waals surface area contributed by atoms with Gasteiger partial charge in [0.2, 0.25) is 0 Å². The summed E-state index contributed by atoms with van der Waals surface area (Å²) in [6, 6.07) is 0. The highest BCUT2D eigenvalue weighted by atomic mass is 16.6. The molecule has 0 N–H and O–H groups in total. The number of esters is 3. The van der Waals surface area contributed by atoms with Crippen molar-refractivity contribution >= 4 is 17.9 Å². The van der Waals surface area contributed by atoms with E-state index in [1.165, 1.54) is 283 Å². The minimum atomic E-state index is -0.774. The van der Waals surface area contributed by atoms with E-state index >= 15 is 0 Å². The second-order valence-electron chi connectivity index (χ2n) is 24.9. The minimum absolute atomic E-state index is 0.0704. The van der Waals surface area contributed by atoms with Crippen molar-refractivity contribution in [2.24, 2.45) is 0 Å². The zero-order valence-corrected chi connectivity index (χ0v) is 55.3. The fourth-order valence-corrected chi connectivity index (χ4v) is 11.0. The average Bonchev–Trinajstić information content (AvgIpc) is 3.47.